The van der Waals surface area contributed by atoms with Gasteiger partial charge in [0.05, 0.1) is 5.52 Å². The Morgan fingerprint density at radius 2 is 2.06 bits per heavy atom. The van der Waals surface area contributed by atoms with E-state index in [1.165, 1.54) is 0 Å². The third-order valence-corrected chi connectivity index (χ3v) is 3.23. The lowest BCUT2D eigenvalue weighted by molar-refractivity contribution is 0.0997. The lowest BCUT2D eigenvalue weighted by atomic mass is 10.1. The van der Waals surface area contributed by atoms with Crippen LogP contribution in [0.25, 0.3) is 21.8 Å². The number of aryl methyl sites for hydroxylation is 1. The molecule has 4 nitrogen and oxygen atoms in total. The molecule has 0 atom stereocenters. The van der Waals surface area contributed by atoms with Gasteiger partial charge < -0.3 is 10.3 Å². The third-order valence-electron chi connectivity index (χ3n) is 3.23. The van der Waals surface area contributed by atoms with E-state index in [2.05, 4.69) is 16.5 Å². The van der Waals surface area contributed by atoms with Crippen LogP contribution in [-0.4, -0.2) is 15.5 Å². The van der Waals surface area contributed by atoms with Crippen molar-refractivity contribution < 1.29 is 4.79 Å². The van der Waals surface area contributed by atoms with E-state index in [9.17, 15) is 4.79 Å². The van der Waals surface area contributed by atoms with Crippen molar-refractivity contribution in [3.05, 3.63) is 42.2 Å². The number of para-hydroxylation sites is 1. The Balaban J connectivity index is 2.60. The predicted octanol–water partition coefficient (Wildman–Crippen LogP) is 2.31. The van der Waals surface area contributed by atoms with Gasteiger partial charge in [-0.15, -0.1) is 0 Å². The van der Waals surface area contributed by atoms with Crippen LogP contribution in [0.4, 0.5) is 0 Å². The summed E-state index contributed by atoms with van der Waals surface area (Å²) in [4.78, 5) is 15.6. The molecule has 0 aliphatic heterocycles. The van der Waals surface area contributed by atoms with Gasteiger partial charge >= 0.3 is 0 Å². The average Bonchev–Trinajstić information content (AvgIpc) is 2.72. The number of carbonyl (C=O) groups excluding carboxylic acids is 1. The van der Waals surface area contributed by atoms with Gasteiger partial charge in [-0.1, -0.05) is 18.2 Å². The van der Waals surface area contributed by atoms with E-state index in [4.69, 9.17) is 5.73 Å². The molecular weight excluding hydrogens is 226 g/mol. The number of fused-ring (bicyclic) bond motifs is 3. The van der Waals surface area contributed by atoms with Crippen LogP contribution in [-0.2, 0) is 6.54 Å². The van der Waals surface area contributed by atoms with Crippen molar-refractivity contribution in [1.82, 2.24) is 9.55 Å². The largest absolute Gasteiger partial charge is 0.364 e. The molecule has 0 spiro atoms. The van der Waals surface area contributed by atoms with Gasteiger partial charge in [-0.25, -0.2) is 0 Å². The van der Waals surface area contributed by atoms with E-state index in [1.54, 1.807) is 6.20 Å². The summed E-state index contributed by atoms with van der Waals surface area (Å²) in [5.74, 6) is -0.486. The van der Waals surface area contributed by atoms with E-state index >= 15 is 0 Å². The van der Waals surface area contributed by atoms with Gasteiger partial charge in [-0.2, -0.15) is 0 Å². The number of nitrogens with two attached hydrogens (primary N) is 1. The van der Waals surface area contributed by atoms with Gasteiger partial charge in [-0.3, -0.25) is 9.78 Å². The zero-order chi connectivity index (χ0) is 12.7. The molecular formula is C14H13N3O. The predicted molar refractivity (Wildman–Crippen MR) is 71.4 cm³/mol. The molecule has 90 valence electrons. The number of carbonyl (C=O) groups is 1. The number of hydrogen-bond acceptors (Lipinski definition) is 2. The maximum absolute atomic E-state index is 11.5. The second kappa shape index (κ2) is 3.84. The smallest absolute Gasteiger partial charge is 0.268 e. The first-order chi connectivity index (χ1) is 8.74. The molecule has 4 heteroatoms. The highest BCUT2D eigenvalue weighted by Gasteiger charge is 2.15. The van der Waals surface area contributed by atoms with E-state index in [0.29, 0.717) is 5.69 Å². The van der Waals surface area contributed by atoms with Gasteiger partial charge in [0.1, 0.15) is 5.69 Å². The molecule has 0 unspecified atom stereocenters. The van der Waals surface area contributed by atoms with E-state index in [0.717, 1.165) is 28.4 Å². The summed E-state index contributed by atoms with van der Waals surface area (Å²) in [5, 5.41) is 1.87. The molecule has 3 rings (SSSR count). The lowest BCUT2D eigenvalue weighted by Crippen LogP contribution is -2.13. The fourth-order valence-electron chi connectivity index (χ4n) is 2.52. The van der Waals surface area contributed by atoms with Crippen LogP contribution >= 0.6 is 0 Å². The summed E-state index contributed by atoms with van der Waals surface area (Å²) in [6.07, 6.45) is 1.63. The number of hydrogen-bond donors (Lipinski definition) is 1. The molecule has 0 saturated heterocycles. The van der Waals surface area contributed by atoms with Crippen LogP contribution in [0.2, 0.25) is 0 Å². The Labute approximate surface area is 104 Å². The van der Waals surface area contributed by atoms with Crippen molar-refractivity contribution in [2.24, 2.45) is 5.73 Å². The van der Waals surface area contributed by atoms with Crippen LogP contribution in [0, 0.1) is 0 Å². The Hall–Kier alpha value is -2.36. The van der Waals surface area contributed by atoms with Crippen molar-refractivity contribution >= 4 is 27.7 Å². The maximum atomic E-state index is 11.5. The summed E-state index contributed by atoms with van der Waals surface area (Å²) < 4.78 is 2.17. The number of nitrogens with zero attached hydrogens (tertiary/aromatic N) is 2. The van der Waals surface area contributed by atoms with Gasteiger partial charge in [-0.05, 0) is 19.1 Å². The SMILES string of the molecule is CCn1c2ccccc2c2c(C(N)=O)nccc21. The molecule has 2 heterocycles. The molecule has 2 aromatic heterocycles. The average molecular weight is 239 g/mol. The number of primary amides is 1. The number of amides is 1. The van der Waals surface area contributed by atoms with Gasteiger partial charge in [0, 0.05) is 29.0 Å². The molecule has 0 saturated carbocycles. The fourth-order valence-corrected chi connectivity index (χ4v) is 2.52. The number of benzene rings is 1. The molecule has 1 amide bonds. The molecule has 3 aromatic rings. The lowest BCUT2D eigenvalue weighted by Gasteiger charge is -2.02. The molecule has 0 bridgehead atoms. The zero-order valence-corrected chi connectivity index (χ0v) is 10.1. The number of aromatic nitrogens is 2. The van der Waals surface area contributed by atoms with Crippen LogP contribution < -0.4 is 5.73 Å². The Morgan fingerprint density at radius 3 is 2.78 bits per heavy atom. The van der Waals surface area contributed by atoms with Crippen molar-refractivity contribution in [2.45, 2.75) is 13.5 Å². The number of pyridine rings is 1. The standard InChI is InChI=1S/C14H13N3O/c1-2-17-10-6-4-3-5-9(10)12-11(17)7-8-16-13(12)14(15)18/h3-8H,2H2,1H3,(H2,15,18). The van der Waals surface area contributed by atoms with E-state index < -0.39 is 5.91 Å². The van der Waals surface area contributed by atoms with Crippen LogP contribution in [0.1, 0.15) is 17.4 Å². The summed E-state index contributed by atoms with van der Waals surface area (Å²) in [5.41, 5.74) is 7.86. The van der Waals surface area contributed by atoms with Crippen molar-refractivity contribution in [1.29, 1.82) is 0 Å². The number of rotatable bonds is 2. The maximum Gasteiger partial charge on any atom is 0.268 e. The van der Waals surface area contributed by atoms with Crippen LogP contribution in [0.5, 0.6) is 0 Å². The Bertz CT molecular complexity index is 758. The highest BCUT2D eigenvalue weighted by atomic mass is 16.1. The molecule has 1 aromatic carbocycles. The second-order valence-electron chi connectivity index (χ2n) is 4.18. The topological polar surface area (TPSA) is 60.9 Å². The summed E-state index contributed by atoms with van der Waals surface area (Å²) in [6.45, 7) is 2.92. The first kappa shape index (κ1) is 10.8. The monoisotopic (exact) mass is 239 g/mol. The normalized spacial score (nSPS) is 11.2. The third kappa shape index (κ3) is 1.32. The Kier molecular flexibility index (Phi) is 2.30. The minimum atomic E-state index is -0.486. The van der Waals surface area contributed by atoms with Gasteiger partial charge in [0.15, 0.2) is 0 Å². The van der Waals surface area contributed by atoms with E-state index in [-0.39, 0.29) is 0 Å². The summed E-state index contributed by atoms with van der Waals surface area (Å²) in [7, 11) is 0. The minimum absolute atomic E-state index is 0.343. The summed E-state index contributed by atoms with van der Waals surface area (Å²) in [6, 6.07) is 9.91. The van der Waals surface area contributed by atoms with Gasteiger partial charge in [0.25, 0.3) is 5.91 Å². The van der Waals surface area contributed by atoms with Crippen LogP contribution in [0.15, 0.2) is 36.5 Å². The molecule has 18 heavy (non-hydrogen) atoms. The Morgan fingerprint density at radius 1 is 1.28 bits per heavy atom. The minimum Gasteiger partial charge on any atom is -0.364 e. The van der Waals surface area contributed by atoms with Crippen LogP contribution in [0.3, 0.4) is 0 Å². The van der Waals surface area contributed by atoms with Crippen molar-refractivity contribution in [2.75, 3.05) is 0 Å². The van der Waals surface area contributed by atoms with Crippen molar-refractivity contribution in [3.63, 3.8) is 0 Å². The van der Waals surface area contributed by atoms with E-state index in [1.807, 2.05) is 30.3 Å². The molecule has 0 aliphatic rings. The second-order valence-corrected chi connectivity index (χ2v) is 4.18. The first-order valence-corrected chi connectivity index (χ1v) is 5.89. The highest BCUT2D eigenvalue weighted by molar-refractivity contribution is 6.16. The zero-order valence-electron chi connectivity index (χ0n) is 10.1. The van der Waals surface area contributed by atoms with Gasteiger partial charge in [0.2, 0.25) is 0 Å². The fraction of sp³-hybridized carbons (Fsp3) is 0.143. The molecule has 0 fully saturated rings. The quantitative estimate of drug-likeness (QED) is 0.746. The summed E-state index contributed by atoms with van der Waals surface area (Å²) >= 11 is 0. The van der Waals surface area contributed by atoms with Crippen molar-refractivity contribution in [3.8, 4) is 0 Å². The first-order valence-electron chi connectivity index (χ1n) is 5.89. The molecule has 0 aliphatic carbocycles. The molecule has 2 N–H and O–H groups in total. The highest BCUT2D eigenvalue weighted by Crippen LogP contribution is 2.30. The molecule has 0 radical (unpaired) electrons.